The van der Waals surface area contributed by atoms with E-state index in [-0.39, 0.29) is 24.9 Å². The van der Waals surface area contributed by atoms with Crippen LogP contribution in [0.4, 0.5) is 0 Å². The molecule has 2 aromatic rings. The fraction of sp³-hybridized carbons (Fsp3) is 0.0714. The number of pyridine rings is 1. The summed E-state index contributed by atoms with van der Waals surface area (Å²) in [4.78, 5) is 11.6. The maximum Gasteiger partial charge on any atom is 0.305 e. The summed E-state index contributed by atoms with van der Waals surface area (Å²) in [5.41, 5.74) is 3.22. The molecule has 1 amide bonds. The van der Waals surface area contributed by atoms with E-state index in [1.165, 1.54) is 6.21 Å². The van der Waals surface area contributed by atoms with Gasteiger partial charge in [0.15, 0.2) is 12.4 Å². The second-order valence-electron chi connectivity index (χ2n) is 3.86. The fourth-order valence-electron chi connectivity index (χ4n) is 1.49. The zero-order chi connectivity index (χ0) is 13.5. The smallest absolute Gasteiger partial charge is 0.305 e. The van der Waals surface area contributed by atoms with Gasteiger partial charge in [-0.2, -0.15) is 9.67 Å². The fourth-order valence-corrected chi connectivity index (χ4v) is 1.68. The number of amides is 1. The van der Waals surface area contributed by atoms with E-state index >= 15 is 0 Å². The van der Waals surface area contributed by atoms with Crippen LogP contribution in [0.25, 0.3) is 0 Å². The topological polar surface area (TPSA) is 45.3 Å². The third-order valence-electron chi connectivity index (χ3n) is 2.40. The van der Waals surface area contributed by atoms with Gasteiger partial charge in [-0.05, 0) is 6.07 Å². The number of carbonyl (C=O) groups is 1. The van der Waals surface area contributed by atoms with Crippen LogP contribution >= 0.6 is 11.6 Å². The second-order valence-corrected chi connectivity index (χ2v) is 4.27. The van der Waals surface area contributed by atoms with Crippen molar-refractivity contribution in [2.45, 2.75) is 6.54 Å². The minimum Gasteiger partial charge on any atom is -1.00 e. The summed E-state index contributed by atoms with van der Waals surface area (Å²) in [5, 5.41) is 4.47. The van der Waals surface area contributed by atoms with E-state index in [0.717, 1.165) is 5.56 Å². The lowest BCUT2D eigenvalue weighted by Crippen LogP contribution is -3.00. The minimum atomic E-state index is -0.195. The first-order valence-corrected chi connectivity index (χ1v) is 6.14. The monoisotopic (exact) mass is 309 g/mol. The Morgan fingerprint density at radius 2 is 1.90 bits per heavy atom. The molecule has 0 aliphatic carbocycles. The maximum atomic E-state index is 11.6. The molecule has 0 aliphatic heterocycles. The Hall–Kier alpha value is -1.91. The van der Waals surface area contributed by atoms with E-state index in [9.17, 15) is 4.79 Å². The lowest BCUT2D eigenvalue weighted by atomic mass is 10.2. The van der Waals surface area contributed by atoms with Gasteiger partial charge in [-0.25, -0.2) is 5.43 Å². The Labute approximate surface area is 128 Å². The molecule has 6 heteroatoms. The Morgan fingerprint density at radius 1 is 1.20 bits per heavy atom. The van der Waals surface area contributed by atoms with E-state index in [2.05, 4.69) is 10.5 Å². The van der Waals surface area contributed by atoms with E-state index in [1.54, 1.807) is 10.6 Å². The third-order valence-corrected chi connectivity index (χ3v) is 2.75. The number of aromatic nitrogens is 1. The summed E-state index contributed by atoms with van der Waals surface area (Å²) >= 11 is 5.96. The number of carbonyl (C=O) groups excluding carboxylic acids is 1. The number of halogens is 2. The first kappa shape index (κ1) is 16.1. The standard InChI is InChI=1S/C14H12ClN3O.ClH/c15-13-7-3-2-6-12(13)10-16-17-14(19)11-18-8-4-1-5-9-18;/h1-10H,11H2;1H/b16-10-;. The summed E-state index contributed by atoms with van der Waals surface area (Å²) in [6.07, 6.45) is 5.16. The van der Waals surface area contributed by atoms with Crippen molar-refractivity contribution in [3.05, 3.63) is 65.4 Å². The van der Waals surface area contributed by atoms with Crippen LogP contribution in [0.1, 0.15) is 5.56 Å². The van der Waals surface area contributed by atoms with Crippen molar-refractivity contribution >= 4 is 23.7 Å². The maximum absolute atomic E-state index is 11.6. The van der Waals surface area contributed by atoms with E-state index in [4.69, 9.17) is 11.6 Å². The van der Waals surface area contributed by atoms with Crippen LogP contribution in [0.2, 0.25) is 5.02 Å². The average Bonchev–Trinajstić information content (AvgIpc) is 2.42. The van der Waals surface area contributed by atoms with Crippen molar-refractivity contribution < 1.29 is 21.8 Å². The van der Waals surface area contributed by atoms with Crippen LogP contribution < -0.4 is 22.4 Å². The Kier molecular flexibility index (Phi) is 6.70. The molecule has 4 nitrogen and oxygen atoms in total. The largest absolute Gasteiger partial charge is 1.00 e. The van der Waals surface area contributed by atoms with E-state index in [1.807, 2.05) is 48.8 Å². The normalized spacial score (nSPS) is 10.1. The highest BCUT2D eigenvalue weighted by Crippen LogP contribution is 2.11. The number of nitrogens with zero attached hydrogens (tertiary/aromatic N) is 2. The molecule has 0 saturated heterocycles. The molecule has 2 rings (SSSR count). The molecule has 0 saturated carbocycles. The van der Waals surface area contributed by atoms with Crippen LogP contribution in [-0.4, -0.2) is 12.1 Å². The summed E-state index contributed by atoms with van der Waals surface area (Å²) in [6, 6.07) is 12.9. The molecule has 0 bridgehead atoms. The van der Waals surface area contributed by atoms with Gasteiger partial charge >= 0.3 is 5.91 Å². The molecular weight excluding hydrogens is 297 g/mol. The molecule has 0 unspecified atom stereocenters. The van der Waals surface area contributed by atoms with E-state index in [0.29, 0.717) is 5.02 Å². The molecule has 0 radical (unpaired) electrons. The number of benzene rings is 1. The molecule has 1 aromatic carbocycles. The van der Waals surface area contributed by atoms with Gasteiger partial charge in [-0.15, -0.1) is 0 Å². The van der Waals surface area contributed by atoms with Crippen LogP contribution in [0, 0.1) is 0 Å². The molecule has 1 heterocycles. The number of rotatable bonds is 4. The number of hydrogen-bond donors (Lipinski definition) is 1. The lowest BCUT2D eigenvalue weighted by Gasteiger charge is -1.98. The van der Waals surface area contributed by atoms with Crippen molar-refractivity contribution in [3.63, 3.8) is 0 Å². The predicted octanol–water partition coefficient (Wildman–Crippen LogP) is -1.22. The summed E-state index contributed by atoms with van der Waals surface area (Å²) in [6.45, 7) is 0.223. The molecule has 0 aliphatic rings. The van der Waals surface area contributed by atoms with Crippen molar-refractivity contribution in [3.8, 4) is 0 Å². The summed E-state index contributed by atoms with van der Waals surface area (Å²) in [7, 11) is 0. The molecule has 104 valence electrons. The zero-order valence-electron chi connectivity index (χ0n) is 10.5. The van der Waals surface area contributed by atoms with Crippen molar-refractivity contribution in [2.24, 2.45) is 5.10 Å². The second kappa shape index (κ2) is 8.30. The highest BCUT2D eigenvalue weighted by molar-refractivity contribution is 6.33. The molecule has 1 aromatic heterocycles. The van der Waals surface area contributed by atoms with Crippen LogP contribution in [-0.2, 0) is 11.3 Å². The van der Waals surface area contributed by atoms with Gasteiger partial charge in [-0.3, -0.25) is 4.79 Å². The Balaban J connectivity index is 0.00000200. The van der Waals surface area contributed by atoms with Gasteiger partial charge in [0, 0.05) is 22.7 Å². The number of hydrazone groups is 1. The molecule has 1 N–H and O–H groups in total. The minimum absolute atomic E-state index is 0. The molecule has 0 spiro atoms. The first-order valence-electron chi connectivity index (χ1n) is 5.76. The summed E-state index contributed by atoms with van der Waals surface area (Å²) in [5.74, 6) is -0.195. The zero-order valence-corrected chi connectivity index (χ0v) is 12.1. The van der Waals surface area contributed by atoms with E-state index < -0.39 is 0 Å². The van der Waals surface area contributed by atoms with Crippen LogP contribution in [0.3, 0.4) is 0 Å². The SMILES string of the molecule is O=C(C[n+]1ccccc1)N/N=C\c1ccccc1Cl.[Cl-]. The highest BCUT2D eigenvalue weighted by Gasteiger charge is 2.06. The van der Waals surface area contributed by atoms with Crippen LogP contribution in [0.15, 0.2) is 60.0 Å². The Morgan fingerprint density at radius 3 is 2.60 bits per heavy atom. The van der Waals surface area contributed by atoms with Gasteiger partial charge in [0.05, 0.1) is 6.21 Å². The van der Waals surface area contributed by atoms with Gasteiger partial charge in [0.25, 0.3) is 0 Å². The Bertz CT molecular complexity index is 588. The third kappa shape index (κ3) is 4.99. The molecular formula is C14H13Cl2N3O. The summed E-state index contributed by atoms with van der Waals surface area (Å²) < 4.78 is 1.76. The lowest BCUT2D eigenvalue weighted by molar-refractivity contribution is -0.684. The average molecular weight is 310 g/mol. The first-order chi connectivity index (χ1) is 9.25. The van der Waals surface area contributed by atoms with Gasteiger partial charge in [0.1, 0.15) is 0 Å². The van der Waals surface area contributed by atoms with Crippen molar-refractivity contribution in [2.75, 3.05) is 0 Å². The highest BCUT2D eigenvalue weighted by atomic mass is 35.5. The number of nitrogens with one attached hydrogen (secondary N) is 1. The number of hydrogen-bond acceptors (Lipinski definition) is 2. The molecule has 0 atom stereocenters. The van der Waals surface area contributed by atoms with Crippen molar-refractivity contribution in [1.29, 1.82) is 0 Å². The van der Waals surface area contributed by atoms with Gasteiger partial charge < -0.3 is 12.4 Å². The van der Waals surface area contributed by atoms with Gasteiger partial charge in [-0.1, -0.05) is 35.9 Å². The quantitative estimate of drug-likeness (QED) is 0.430. The van der Waals surface area contributed by atoms with Crippen LogP contribution in [0.5, 0.6) is 0 Å². The molecule has 0 fully saturated rings. The predicted molar refractivity (Wildman–Crippen MR) is 73.8 cm³/mol. The van der Waals surface area contributed by atoms with Crippen molar-refractivity contribution in [1.82, 2.24) is 5.43 Å². The molecule has 20 heavy (non-hydrogen) atoms. The van der Waals surface area contributed by atoms with Gasteiger partial charge in [0.2, 0.25) is 6.54 Å².